The number of aliphatic hydroxyl groups excluding tert-OH is 1. The lowest BCUT2D eigenvalue weighted by molar-refractivity contribution is 0.0771. The lowest BCUT2D eigenvalue weighted by Gasteiger charge is -2.26. The topological polar surface area (TPSA) is 95.5 Å². The Morgan fingerprint density at radius 1 is 0.340 bits per heavy atom. The first-order valence-electron chi connectivity index (χ1n) is 16.7. The van der Waals surface area contributed by atoms with Crippen molar-refractivity contribution in [3.8, 4) is 0 Å². The van der Waals surface area contributed by atoms with E-state index in [9.17, 15) is 19.5 Å². The fourth-order valence-corrected chi connectivity index (χ4v) is 10.0. The molecule has 0 spiro atoms. The van der Waals surface area contributed by atoms with E-state index in [0.29, 0.717) is 16.7 Å². The number of carbonyl (C=O) groups excluding carboxylic acids is 3. The molecule has 0 aliphatic carbocycles. The average molecular weight is 641 g/mol. The Kier molecular flexibility index (Phi) is 4.05. The van der Waals surface area contributed by atoms with Gasteiger partial charge in [0.15, 0.2) is 6.23 Å². The van der Waals surface area contributed by atoms with Gasteiger partial charge in [-0.1, -0.05) is 78.9 Å². The normalized spacial score (nSPS) is 16.3. The minimum Gasteiger partial charge on any atom is -0.369 e. The van der Waals surface area contributed by atoms with Crippen LogP contribution in [0.2, 0.25) is 0 Å². The van der Waals surface area contributed by atoms with Crippen LogP contribution in [0.4, 0.5) is 0 Å². The Bertz CT molecular complexity index is 3340. The van der Waals surface area contributed by atoms with Gasteiger partial charge in [-0.15, -0.1) is 0 Å². The van der Waals surface area contributed by atoms with E-state index in [0.717, 1.165) is 70.2 Å². The molecule has 2 heterocycles. The van der Waals surface area contributed by atoms with Crippen LogP contribution >= 0.6 is 0 Å². The van der Waals surface area contributed by atoms with E-state index in [1.165, 1.54) is 43.1 Å². The van der Waals surface area contributed by atoms with E-state index in [4.69, 9.17) is 0 Å². The van der Waals surface area contributed by atoms with Crippen LogP contribution in [0, 0.1) is 0 Å². The highest BCUT2D eigenvalue weighted by Crippen LogP contribution is 2.51. The Balaban J connectivity index is 1.22. The first-order chi connectivity index (χ1) is 24.5. The molecule has 0 radical (unpaired) electrons. The molecule has 3 amide bonds. The largest absolute Gasteiger partial charge is 0.369 e. The van der Waals surface area contributed by atoms with Gasteiger partial charge in [0, 0.05) is 33.0 Å². The van der Waals surface area contributed by atoms with Gasteiger partial charge >= 0.3 is 0 Å². The molecule has 50 heavy (non-hydrogen) atoms. The Morgan fingerprint density at radius 2 is 0.620 bits per heavy atom. The summed E-state index contributed by atoms with van der Waals surface area (Å²) in [6.07, 6.45) is -1.04. The molecule has 3 N–H and O–H groups in total. The van der Waals surface area contributed by atoms with Crippen LogP contribution in [0.3, 0.4) is 0 Å². The minimum atomic E-state index is -1.04. The van der Waals surface area contributed by atoms with Gasteiger partial charge in [-0.25, -0.2) is 0 Å². The number of benzene rings is 11. The van der Waals surface area contributed by atoms with Gasteiger partial charge in [0.1, 0.15) is 0 Å². The molecule has 0 aromatic heterocycles. The quantitative estimate of drug-likeness (QED) is 0.0875. The standard InChI is InChI=1S/C44H20N2O4/c47-41-29-13-9-25-21-5-1-17-18-2-6-23-27-11-15-31-40-32(44(50)46-43(31)49)16-12-28(38(27)40)24-8-4-20(34(18)36(23)24)19-3-7-22(35(21)33(17)19)26-10-14-30(42(48)45-41)39(29)37(25)26/h1-16,41,47H,(H,45,48)(H,46,49,50). The fourth-order valence-electron chi connectivity index (χ4n) is 10.0. The van der Waals surface area contributed by atoms with Gasteiger partial charge in [-0.3, -0.25) is 19.7 Å². The highest BCUT2D eigenvalue weighted by molar-refractivity contribution is 6.47. The SMILES string of the molecule is O=C1NC(=O)c2ccc3c4ccc5c6ccc7c8ccc9c%10c(ccc(c%11ccc(c%12ccc(c%13ccc1c2c%133)c4c%125)c6c%117)c%108)C(=O)NC9O. The summed E-state index contributed by atoms with van der Waals surface area (Å²) in [5.41, 5.74) is 2.37. The summed E-state index contributed by atoms with van der Waals surface area (Å²) in [5, 5.41) is 37.7. The number of aliphatic hydroxyl groups is 1. The van der Waals surface area contributed by atoms with E-state index in [1.54, 1.807) is 0 Å². The molecule has 6 heteroatoms. The van der Waals surface area contributed by atoms with Crippen molar-refractivity contribution in [2.45, 2.75) is 6.23 Å². The van der Waals surface area contributed by atoms with Crippen molar-refractivity contribution in [3.63, 3.8) is 0 Å². The molecule has 11 aromatic rings. The molecule has 2 aliphatic heterocycles. The Morgan fingerprint density at radius 3 is 1.00 bits per heavy atom. The van der Waals surface area contributed by atoms with Crippen LogP contribution in [0.25, 0.3) is 108 Å². The molecule has 0 saturated heterocycles. The minimum absolute atomic E-state index is 0.261. The third kappa shape index (κ3) is 2.59. The maximum absolute atomic E-state index is 13.0. The maximum Gasteiger partial charge on any atom is 0.258 e. The van der Waals surface area contributed by atoms with E-state index in [1.807, 2.05) is 36.4 Å². The van der Waals surface area contributed by atoms with Crippen LogP contribution < -0.4 is 10.6 Å². The second-order valence-electron chi connectivity index (χ2n) is 14.0. The second-order valence-corrected chi connectivity index (χ2v) is 14.0. The highest BCUT2D eigenvalue weighted by Gasteiger charge is 2.30. The van der Waals surface area contributed by atoms with Crippen LogP contribution in [-0.4, -0.2) is 22.8 Å². The van der Waals surface area contributed by atoms with Crippen molar-refractivity contribution in [1.29, 1.82) is 0 Å². The predicted octanol–water partition coefficient (Wildman–Crippen LogP) is 9.15. The number of hydrogen-bond acceptors (Lipinski definition) is 4. The van der Waals surface area contributed by atoms with Gasteiger partial charge in [-0.2, -0.15) is 0 Å². The van der Waals surface area contributed by atoms with Gasteiger partial charge in [-0.05, 0) is 115 Å². The molecule has 2 aliphatic rings. The average Bonchev–Trinajstić information content (AvgIpc) is 3.14. The molecule has 0 fully saturated rings. The summed E-state index contributed by atoms with van der Waals surface area (Å²) in [4.78, 5) is 38.8. The number of rotatable bonds is 0. The zero-order valence-electron chi connectivity index (χ0n) is 26.0. The van der Waals surface area contributed by atoms with Crippen molar-refractivity contribution in [2.24, 2.45) is 0 Å². The van der Waals surface area contributed by atoms with E-state index in [2.05, 4.69) is 71.3 Å². The Hall–Kier alpha value is -6.63. The van der Waals surface area contributed by atoms with Crippen LogP contribution in [-0.2, 0) is 0 Å². The zero-order chi connectivity index (χ0) is 32.9. The number of nitrogens with one attached hydrogen (secondary N) is 2. The molecule has 0 bridgehead atoms. The maximum atomic E-state index is 13.0. The number of fused-ring (bicyclic) bond motifs is 6. The van der Waals surface area contributed by atoms with Crippen molar-refractivity contribution in [1.82, 2.24) is 10.6 Å². The molecule has 6 nitrogen and oxygen atoms in total. The number of amides is 3. The van der Waals surface area contributed by atoms with Crippen LogP contribution in [0.15, 0.2) is 97.1 Å². The lowest BCUT2D eigenvalue weighted by atomic mass is 9.80. The van der Waals surface area contributed by atoms with Gasteiger partial charge in [0.05, 0.1) is 0 Å². The summed E-state index contributed by atoms with van der Waals surface area (Å²) in [7, 11) is 0. The third-order valence-corrected chi connectivity index (χ3v) is 11.9. The van der Waals surface area contributed by atoms with Crippen molar-refractivity contribution in [2.75, 3.05) is 0 Å². The first kappa shape index (κ1) is 25.4. The monoisotopic (exact) mass is 640 g/mol. The highest BCUT2D eigenvalue weighted by atomic mass is 16.3. The lowest BCUT2D eigenvalue weighted by Crippen LogP contribution is -2.34. The van der Waals surface area contributed by atoms with Crippen LogP contribution in [0.1, 0.15) is 42.9 Å². The van der Waals surface area contributed by atoms with E-state index < -0.39 is 6.23 Å². The fraction of sp³-hybridized carbons (Fsp3) is 0.0227. The predicted molar refractivity (Wildman–Crippen MR) is 199 cm³/mol. The van der Waals surface area contributed by atoms with Crippen molar-refractivity contribution < 1.29 is 19.5 Å². The summed E-state index contributed by atoms with van der Waals surface area (Å²) < 4.78 is 0. The van der Waals surface area contributed by atoms with E-state index in [-0.39, 0.29) is 17.7 Å². The van der Waals surface area contributed by atoms with Gasteiger partial charge in [0.2, 0.25) is 0 Å². The molecule has 13 rings (SSSR count). The molecule has 230 valence electrons. The summed E-state index contributed by atoms with van der Waals surface area (Å²) in [5.74, 6) is -0.974. The summed E-state index contributed by atoms with van der Waals surface area (Å²) in [6.45, 7) is 0. The van der Waals surface area contributed by atoms with Crippen molar-refractivity contribution in [3.05, 3.63) is 119 Å². The molecule has 0 saturated carbocycles. The second kappa shape index (κ2) is 7.97. The van der Waals surface area contributed by atoms with E-state index >= 15 is 0 Å². The summed E-state index contributed by atoms with van der Waals surface area (Å²) >= 11 is 0. The van der Waals surface area contributed by atoms with Crippen LogP contribution in [0.5, 0.6) is 0 Å². The number of hydrogen-bond donors (Lipinski definition) is 3. The summed E-state index contributed by atoms with van der Waals surface area (Å²) in [6, 6.07) is 33.6. The molecule has 1 unspecified atom stereocenters. The number of carbonyl (C=O) groups is 3. The molecule has 1 atom stereocenters. The Labute approximate surface area is 280 Å². The number of imide groups is 1. The van der Waals surface area contributed by atoms with Gasteiger partial charge < -0.3 is 10.4 Å². The molecular weight excluding hydrogens is 620 g/mol. The smallest absolute Gasteiger partial charge is 0.258 e. The van der Waals surface area contributed by atoms with Crippen molar-refractivity contribution >= 4 is 125 Å². The third-order valence-electron chi connectivity index (χ3n) is 11.9. The first-order valence-corrected chi connectivity index (χ1v) is 16.7. The molecule has 11 aromatic carbocycles. The molecular formula is C44H20N2O4. The van der Waals surface area contributed by atoms with Gasteiger partial charge in [0.25, 0.3) is 17.7 Å². The zero-order valence-corrected chi connectivity index (χ0v) is 26.0.